The Morgan fingerprint density at radius 2 is 2.17 bits per heavy atom. The molecule has 1 aliphatic heterocycles. The fraction of sp³-hybridized carbons (Fsp3) is 0.417. The van der Waals surface area contributed by atoms with Gasteiger partial charge in [0.1, 0.15) is 17.0 Å². The van der Waals surface area contributed by atoms with E-state index in [0.29, 0.717) is 17.3 Å². The van der Waals surface area contributed by atoms with Crippen molar-refractivity contribution in [3.8, 4) is 0 Å². The molecule has 1 aromatic heterocycles. The number of rotatable bonds is 0. The number of allylic oxidation sites excluding steroid dienone is 2. The molecular formula is C12H12ClN3OS. The number of hydrogen-bond acceptors (Lipinski definition) is 5. The third-order valence-corrected chi connectivity index (χ3v) is 4.53. The molecule has 0 spiro atoms. The largest absolute Gasteiger partial charge is 0.353 e. The van der Waals surface area contributed by atoms with E-state index in [9.17, 15) is 4.79 Å². The van der Waals surface area contributed by atoms with Crippen LogP contribution in [0.3, 0.4) is 0 Å². The molecule has 3 rings (SSSR count). The van der Waals surface area contributed by atoms with Crippen LogP contribution in [0.5, 0.6) is 0 Å². The van der Waals surface area contributed by atoms with Gasteiger partial charge in [-0.25, -0.2) is 9.97 Å². The first-order valence-electron chi connectivity index (χ1n) is 5.68. The van der Waals surface area contributed by atoms with Crippen LogP contribution in [-0.4, -0.2) is 15.8 Å². The maximum Gasteiger partial charge on any atom is 0.171 e. The summed E-state index contributed by atoms with van der Waals surface area (Å²) in [4.78, 5) is 21.0. The second kappa shape index (κ2) is 3.96. The molecule has 2 heterocycles. The minimum atomic E-state index is -0.0108. The summed E-state index contributed by atoms with van der Waals surface area (Å²) in [5.41, 5.74) is 1.65. The smallest absolute Gasteiger partial charge is 0.171 e. The molecule has 0 radical (unpaired) electrons. The number of carbonyl (C=O) groups is 1. The van der Waals surface area contributed by atoms with E-state index in [2.05, 4.69) is 29.1 Å². The summed E-state index contributed by atoms with van der Waals surface area (Å²) in [6.45, 7) is 4.19. The molecule has 0 saturated carbocycles. The summed E-state index contributed by atoms with van der Waals surface area (Å²) in [5.74, 6) is 0.180. The third kappa shape index (κ3) is 1.91. The minimum absolute atomic E-state index is 0.0108. The lowest BCUT2D eigenvalue weighted by molar-refractivity contribution is -0.117. The number of nitrogens with zero attached hydrogens (tertiary/aromatic N) is 2. The fourth-order valence-corrected chi connectivity index (χ4v) is 3.52. The Bertz CT molecular complexity index is 583. The molecule has 0 unspecified atom stereocenters. The van der Waals surface area contributed by atoms with Crippen LogP contribution in [0.25, 0.3) is 0 Å². The van der Waals surface area contributed by atoms with E-state index >= 15 is 0 Å². The van der Waals surface area contributed by atoms with Crippen LogP contribution >= 0.6 is 23.4 Å². The average molecular weight is 282 g/mol. The fourth-order valence-electron chi connectivity index (χ4n) is 2.30. The number of Topliss-reactive ketones (excluding diaryl/α,β-unsaturated/α-hetero) is 1. The topological polar surface area (TPSA) is 54.9 Å². The average Bonchev–Trinajstić information content (AvgIpc) is 2.27. The highest BCUT2D eigenvalue weighted by atomic mass is 35.5. The number of aromatic nitrogens is 2. The van der Waals surface area contributed by atoms with E-state index in [0.717, 1.165) is 22.0 Å². The van der Waals surface area contributed by atoms with Gasteiger partial charge in [-0.1, -0.05) is 37.2 Å². The normalized spacial score (nSPS) is 21.2. The van der Waals surface area contributed by atoms with Gasteiger partial charge in [0, 0.05) is 12.1 Å². The molecule has 1 N–H and O–H groups in total. The monoisotopic (exact) mass is 281 g/mol. The Balaban J connectivity index is 2.05. The lowest BCUT2D eigenvalue weighted by Gasteiger charge is -2.34. The zero-order valence-corrected chi connectivity index (χ0v) is 11.7. The van der Waals surface area contributed by atoms with E-state index in [-0.39, 0.29) is 11.2 Å². The lowest BCUT2D eigenvalue weighted by Crippen LogP contribution is -2.29. The van der Waals surface area contributed by atoms with E-state index in [1.165, 1.54) is 18.1 Å². The van der Waals surface area contributed by atoms with Crippen molar-refractivity contribution in [2.75, 3.05) is 5.32 Å². The number of fused-ring (bicyclic) bond motifs is 1. The highest BCUT2D eigenvalue weighted by Gasteiger charge is 2.36. The Kier molecular flexibility index (Phi) is 2.64. The maximum atomic E-state index is 12.1. The number of carbonyl (C=O) groups excluding carboxylic acids is 1. The Labute approximate surface area is 114 Å². The maximum absolute atomic E-state index is 12.1. The van der Waals surface area contributed by atoms with Crippen LogP contribution in [0.2, 0.25) is 5.15 Å². The zero-order chi connectivity index (χ0) is 12.9. The summed E-state index contributed by atoms with van der Waals surface area (Å²) in [6, 6.07) is 0. The van der Waals surface area contributed by atoms with Gasteiger partial charge < -0.3 is 5.32 Å². The molecule has 4 nitrogen and oxygen atoms in total. The highest BCUT2D eigenvalue weighted by molar-refractivity contribution is 8.04. The van der Waals surface area contributed by atoms with Crippen LogP contribution in [0.15, 0.2) is 22.0 Å². The minimum Gasteiger partial charge on any atom is -0.353 e. The molecule has 94 valence electrons. The standard InChI is InChI=1S/C12H12ClN3OS/c1-12(2)3-6-9(7(17)4-12)18-11-8(16-6)10(13)14-5-15-11/h5,16H,3-4H2,1-2H3. The van der Waals surface area contributed by atoms with Crippen molar-refractivity contribution in [2.24, 2.45) is 5.41 Å². The molecule has 1 aliphatic carbocycles. The summed E-state index contributed by atoms with van der Waals surface area (Å²) in [5, 5.41) is 4.36. The van der Waals surface area contributed by atoms with Gasteiger partial charge in [0.2, 0.25) is 0 Å². The molecule has 0 fully saturated rings. The van der Waals surface area contributed by atoms with Gasteiger partial charge in [-0.2, -0.15) is 0 Å². The zero-order valence-electron chi connectivity index (χ0n) is 10.1. The second-order valence-corrected chi connectivity index (χ2v) is 6.68. The van der Waals surface area contributed by atoms with Crippen molar-refractivity contribution < 1.29 is 4.79 Å². The quantitative estimate of drug-likeness (QED) is 0.740. The molecule has 1 aromatic rings. The van der Waals surface area contributed by atoms with Crippen molar-refractivity contribution in [2.45, 2.75) is 31.7 Å². The Hall–Kier alpha value is -1.07. The van der Waals surface area contributed by atoms with Crippen LogP contribution in [0, 0.1) is 5.41 Å². The van der Waals surface area contributed by atoms with Gasteiger partial charge >= 0.3 is 0 Å². The predicted molar refractivity (Wildman–Crippen MR) is 71.6 cm³/mol. The van der Waals surface area contributed by atoms with E-state index in [4.69, 9.17) is 11.6 Å². The number of thioether (sulfide) groups is 1. The van der Waals surface area contributed by atoms with Crippen LogP contribution in [0.1, 0.15) is 26.7 Å². The molecule has 0 amide bonds. The number of halogens is 1. The van der Waals surface area contributed by atoms with Gasteiger partial charge in [0.05, 0.1) is 4.91 Å². The van der Waals surface area contributed by atoms with Gasteiger partial charge in [-0.05, 0) is 11.8 Å². The summed E-state index contributed by atoms with van der Waals surface area (Å²) < 4.78 is 0. The molecule has 0 aromatic carbocycles. The van der Waals surface area contributed by atoms with Crippen molar-refractivity contribution in [1.29, 1.82) is 0 Å². The van der Waals surface area contributed by atoms with Gasteiger partial charge in [0.25, 0.3) is 0 Å². The first kappa shape index (κ1) is 12.0. The Morgan fingerprint density at radius 1 is 1.39 bits per heavy atom. The number of ketones is 1. The Morgan fingerprint density at radius 3 is 2.94 bits per heavy atom. The predicted octanol–water partition coefficient (Wildman–Crippen LogP) is 3.25. The molecule has 0 saturated heterocycles. The van der Waals surface area contributed by atoms with E-state index < -0.39 is 0 Å². The van der Waals surface area contributed by atoms with Crippen molar-refractivity contribution in [3.05, 3.63) is 22.1 Å². The molecule has 0 atom stereocenters. The number of hydrogen-bond donors (Lipinski definition) is 1. The van der Waals surface area contributed by atoms with Crippen LogP contribution in [0.4, 0.5) is 5.69 Å². The lowest BCUT2D eigenvalue weighted by atomic mass is 9.78. The molecule has 6 heteroatoms. The van der Waals surface area contributed by atoms with E-state index in [1.807, 2.05) is 0 Å². The molecular weight excluding hydrogens is 270 g/mol. The van der Waals surface area contributed by atoms with Crippen LogP contribution in [-0.2, 0) is 4.79 Å². The summed E-state index contributed by atoms with van der Waals surface area (Å²) in [7, 11) is 0. The molecule has 2 aliphatic rings. The molecule has 18 heavy (non-hydrogen) atoms. The van der Waals surface area contributed by atoms with Gasteiger partial charge in [-0.3, -0.25) is 4.79 Å². The van der Waals surface area contributed by atoms with Crippen LogP contribution < -0.4 is 5.32 Å². The summed E-state index contributed by atoms with van der Waals surface area (Å²) in [6.07, 6.45) is 2.83. The highest BCUT2D eigenvalue weighted by Crippen LogP contribution is 2.48. The number of anilines is 1. The second-order valence-electron chi connectivity index (χ2n) is 5.32. The summed E-state index contributed by atoms with van der Waals surface area (Å²) >= 11 is 7.44. The van der Waals surface area contributed by atoms with Crippen molar-refractivity contribution >= 4 is 34.8 Å². The van der Waals surface area contributed by atoms with Crippen molar-refractivity contribution in [1.82, 2.24) is 9.97 Å². The van der Waals surface area contributed by atoms with Crippen molar-refractivity contribution in [3.63, 3.8) is 0 Å². The molecule has 0 bridgehead atoms. The SMILES string of the molecule is CC1(C)CC(=O)C2=C(C1)Nc1c(Cl)ncnc1S2. The van der Waals surface area contributed by atoms with Gasteiger partial charge in [0.15, 0.2) is 10.9 Å². The first-order chi connectivity index (χ1) is 8.46. The van der Waals surface area contributed by atoms with E-state index in [1.54, 1.807) is 0 Å². The first-order valence-corrected chi connectivity index (χ1v) is 6.87. The number of nitrogens with one attached hydrogen (secondary N) is 1. The van der Waals surface area contributed by atoms with Gasteiger partial charge in [-0.15, -0.1) is 0 Å². The third-order valence-electron chi connectivity index (χ3n) is 3.06.